The number of nitrogens with one attached hydrogen (secondary N) is 1. The summed E-state index contributed by atoms with van der Waals surface area (Å²) in [7, 11) is 0. The van der Waals surface area contributed by atoms with E-state index in [1.54, 1.807) is 16.3 Å². The molecular formula is C25H25N5O3. The van der Waals surface area contributed by atoms with E-state index in [2.05, 4.69) is 15.5 Å². The predicted octanol–water partition coefficient (Wildman–Crippen LogP) is 4.09. The molecule has 0 radical (unpaired) electrons. The number of rotatable bonds is 6. The lowest BCUT2D eigenvalue weighted by molar-refractivity contribution is -0.119. The van der Waals surface area contributed by atoms with Crippen LogP contribution in [-0.2, 0) is 9.53 Å². The number of ether oxygens (including phenoxy) is 1. The Morgan fingerprint density at radius 1 is 0.879 bits per heavy atom. The molecule has 0 bridgehead atoms. The number of carbonyl (C=O) groups is 2. The summed E-state index contributed by atoms with van der Waals surface area (Å²) < 4.78 is 8.68. The van der Waals surface area contributed by atoms with Gasteiger partial charge in [-0.15, -0.1) is 0 Å². The summed E-state index contributed by atoms with van der Waals surface area (Å²) in [5, 5.41) is 11.6. The van der Waals surface area contributed by atoms with E-state index >= 15 is 0 Å². The molecule has 2 aromatic carbocycles. The number of hydrogen-bond acceptors (Lipinski definition) is 5. The molecule has 0 aliphatic rings. The van der Waals surface area contributed by atoms with Gasteiger partial charge < -0.3 is 10.1 Å². The summed E-state index contributed by atoms with van der Waals surface area (Å²) in [6.45, 7) is 7.09. The van der Waals surface area contributed by atoms with Crippen LogP contribution in [0.5, 0.6) is 0 Å². The molecule has 2 heterocycles. The molecule has 0 spiro atoms. The van der Waals surface area contributed by atoms with Crippen LogP contribution >= 0.6 is 0 Å². The minimum Gasteiger partial charge on any atom is -0.452 e. The fourth-order valence-corrected chi connectivity index (χ4v) is 3.58. The van der Waals surface area contributed by atoms with Crippen molar-refractivity contribution in [3.05, 3.63) is 89.0 Å². The van der Waals surface area contributed by atoms with E-state index in [0.29, 0.717) is 22.6 Å². The lowest BCUT2D eigenvalue weighted by Gasteiger charge is -2.08. The highest BCUT2D eigenvalue weighted by Crippen LogP contribution is 2.23. The largest absolute Gasteiger partial charge is 0.452 e. The van der Waals surface area contributed by atoms with Crippen molar-refractivity contribution in [1.29, 1.82) is 0 Å². The van der Waals surface area contributed by atoms with Gasteiger partial charge in [0.15, 0.2) is 6.61 Å². The van der Waals surface area contributed by atoms with E-state index in [1.165, 1.54) is 6.20 Å². The van der Waals surface area contributed by atoms with Crippen LogP contribution in [-0.4, -0.2) is 38.0 Å². The summed E-state index contributed by atoms with van der Waals surface area (Å²) in [6, 6.07) is 17.4. The second kappa shape index (κ2) is 9.12. The van der Waals surface area contributed by atoms with Crippen molar-refractivity contribution in [3.8, 4) is 11.4 Å². The maximum absolute atomic E-state index is 12.5. The zero-order valence-electron chi connectivity index (χ0n) is 19.0. The molecule has 0 aliphatic heterocycles. The number of anilines is 1. The summed E-state index contributed by atoms with van der Waals surface area (Å²) in [5.41, 5.74) is 5.90. The van der Waals surface area contributed by atoms with Gasteiger partial charge in [-0.1, -0.05) is 35.9 Å². The Labute approximate surface area is 191 Å². The molecule has 168 valence electrons. The lowest BCUT2D eigenvalue weighted by Crippen LogP contribution is -2.21. The average Bonchev–Trinajstić information content (AvgIpc) is 3.33. The Morgan fingerprint density at radius 2 is 1.55 bits per heavy atom. The van der Waals surface area contributed by atoms with Crippen molar-refractivity contribution in [2.24, 2.45) is 0 Å². The Bertz CT molecular complexity index is 1300. The molecule has 2 aromatic heterocycles. The molecule has 0 saturated heterocycles. The van der Waals surface area contributed by atoms with Crippen LogP contribution in [0.15, 0.2) is 60.8 Å². The first kappa shape index (κ1) is 22.0. The topological polar surface area (TPSA) is 91.0 Å². The van der Waals surface area contributed by atoms with Gasteiger partial charge in [0, 0.05) is 0 Å². The third-order valence-corrected chi connectivity index (χ3v) is 5.40. The Kier molecular flexibility index (Phi) is 6.08. The van der Waals surface area contributed by atoms with Gasteiger partial charge in [-0.25, -0.2) is 14.2 Å². The number of amides is 1. The Morgan fingerprint density at radius 3 is 2.24 bits per heavy atom. The number of hydrogen-bond donors (Lipinski definition) is 1. The molecule has 0 unspecified atom stereocenters. The van der Waals surface area contributed by atoms with Gasteiger partial charge in [0.1, 0.15) is 5.56 Å². The smallest absolute Gasteiger partial charge is 0.342 e. The van der Waals surface area contributed by atoms with Crippen LogP contribution in [0.1, 0.15) is 33.0 Å². The highest BCUT2D eigenvalue weighted by molar-refractivity contribution is 5.96. The number of esters is 1. The summed E-state index contributed by atoms with van der Waals surface area (Å²) >= 11 is 0. The first-order valence-electron chi connectivity index (χ1n) is 10.6. The SMILES string of the molecule is Cc1ccc(-n2nc(C)c(NC(=O)COC(=O)c3cnn(-c4ccccc4)c3C)c2C)cc1. The van der Waals surface area contributed by atoms with E-state index in [1.807, 2.05) is 75.4 Å². The van der Waals surface area contributed by atoms with E-state index in [0.717, 1.165) is 22.6 Å². The minimum absolute atomic E-state index is 0.311. The quantitative estimate of drug-likeness (QED) is 0.453. The van der Waals surface area contributed by atoms with Gasteiger partial charge in [0.25, 0.3) is 5.91 Å². The maximum Gasteiger partial charge on any atom is 0.342 e. The number of carbonyl (C=O) groups excluding carboxylic acids is 2. The van der Waals surface area contributed by atoms with Gasteiger partial charge in [-0.05, 0) is 52.0 Å². The van der Waals surface area contributed by atoms with E-state index in [4.69, 9.17) is 4.74 Å². The molecule has 0 fully saturated rings. The fourth-order valence-electron chi connectivity index (χ4n) is 3.58. The molecule has 8 nitrogen and oxygen atoms in total. The van der Waals surface area contributed by atoms with E-state index < -0.39 is 18.5 Å². The predicted molar refractivity (Wildman–Crippen MR) is 125 cm³/mol. The minimum atomic E-state index is -0.603. The van der Waals surface area contributed by atoms with Crippen molar-refractivity contribution in [2.75, 3.05) is 11.9 Å². The summed E-state index contributed by atoms with van der Waals surface area (Å²) in [4.78, 5) is 25.1. The summed E-state index contributed by atoms with van der Waals surface area (Å²) in [5.74, 6) is -1.04. The number of aromatic nitrogens is 4. The molecule has 1 N–H and O–H groups in total. The first-order valence-corrected chi connectivity index (χ1v) is 10.6. The van der Waals surface area contributed by atoms with Gasteiger partial charge in [0.2, 0.25) is 0 Å². The zero-order valence-corrected chi connectivity index (χ0v) is 19.0. The molecule has 8 heteroatoms. The van der Waals surface area contributed by atoms with Gasteiger partial charge in [0.05, 0.1) is 40.3 Å². The van der Waals surface area contributed by atoms with Crippen molar-refractivity contribution in [2.45, 2.75) is 27.7 Å². The highest BCUT2D eigenvalue weighted by Gasteiger charge is 2.19. The zero-order chi connectivity index (χ0) is 23.5. The number of nitrogens with zero attached hydrogens (tertiary/aromatic N) is 4. The van der Waals surface area contributed by atoms with Crippen LogP contribution in [0.2, 0.25) is 0 Å². The van der Waals surface area contributed by atoms with E-state index in [9.17, 15) is 9.59 Å². The number of aryl methyl sites for hydroxylation is 2. The highest BCUT2D eigenvalue weighted by atomic mass is 16.5. The number of para-hydroxylation sites is 1. The standard InChI is InChI=1S/C25H25N5O3/c1-16-10-12-21(13-11-16)30-19(4)24(17(2)28-30)27-23(31)15-33-25(32)22-14-26-29(18(22)3)20-8-6-5-7-9-20/h5-14H,15H2,1-4H3,(H,27,31). The van der Waals surface area contributed by atoms with Gasteiger partial charge >= 0.3 is 5.97 Å². The molecular weight excluding hydrogens is 418 g/mol. The molecule has 0 aliphatic carbocycles. The Hall–Kier alpha value is -4.20. The van der Waals surface area contributed by atoms with Crippen LogP contribution in [0.3, 0.4) is 0 Å². The third-order valence-electron chi connectivity index (χ3n) is 5.40. The van der Waals surface area contributed by atoms with Crippen LogP contribution < -0.4 is 5.32 Å². The monoisotopic (exact) mass is 443 g/mol. The molecule has 1 amide bonds. The maximum atomic E-state index is 12.5. The second-order valence-corrected chi connectivity index (χ2v) is 7.81. The van der Waals surface area contributed by atoms with Crippen molar-refractivity contribution >= 4 is 17.6 Å². The number of benzene rings is 2. The van der Waals surface area contributed by atoms with Crippen molar-refractivity contribution < 1.29 is 14.3 Å². The van der Waals surface area contributed by atoms with Crippen LogP contribution in [0.25, 0.3) is 11.4 Å². The van der Waals surface area contributed by atoms with E-state index in [-0.39, 0.29) is 0 Å². The average molecular weight is 444 g/mol. The Balaban J connectivity index is 1.42. The van der Waals surface area contributed by atoms with Crippen molar-refractivity contribution in [3.63, 3.8) is 0 Å². The molecule has 4 rings (SSSR count). The van der Waals surface area contributed by atoms with Crippen LogP contribution in [0.4, 0.5) is 5.69 Å². The molecule has 0 atom stereocenters. The summed E-state index contributed by atoms with van der Waals surface area (Å²) in [6.07, 6.45) is 1.45. The molecule has 4 aromatic rings. The van der Waals surface area contributed by atoms with Gasteiger partial charge in [-0.2, -0.15) is 10.2 Å². The van der Waals surface area contributed by atoms with Crippen molar-refractivity contribution in [1.82, 2.24) is 19.6 Å². The lowest BCUT2D eigenvalue weighted by atomic mass is 10.2. The molecule has 33 heavy (non-hydrogen) atoms. The third kappa shape index (κ3) is 4.55. The molecule has 0 saturated carbocycles. The van der Waals surface area contributed by atoms with Gasteiger partial charge in [-0.3, -0.25) is 4.79 Å². The van der Waals surface area contributed by atoms with Crippen LogP contribution in [0, 0.1) is 27.7 Å². The second-order valence-electron chi connectivity index (χ2n) is 7.81. The normalized spacial score (nSPS) is 10.8. The first-order chi connectivity index (χ1) is 15.8. The fraction of sp³-hybridized carbons (Fsp3) is 0.200.